The topological polar surface area (TPSA) is 125 Å². The van der Waals surface area contributed by atoms with Crippen molar-refractivity contribution < 1.29 is 20.1 Å². The van der Waals surface area contributed by atoms with Crippen LogP contribution in [0.2, 0.25) is 5.02 Å². The Bertz CT molecular complexity index is 555. The van der Waals surface area contributed by atoms with Gasteiger partial charge in [-0.15, -0.1) is 0 Å². The third kappa shape index (κ3) is 2.08. The third-order valence-corrected chi connectivity index (χ3v) is 2.98. The maximum atomic E-state index is 11.5. The predicted molar refractivity (Wildman–Crippen MR) is 59.3 cm³/mol. The van der Waals surface area contributed by atoms with Gasteiger partial charge in [0.15, 0.2) is 6.23 Å². The first-order valence-corrected chi connectivity index (χ1v) is 5.47. The summed E-state index contributed by atoms with van der Waals surface area (Å²) in [7, 11) is 0. The van der Waals surface area contributed by atoms with Crippen molar-refractivity contribution in [2.24, 2.45) is 0 Å². The zero-order valence-corrected chi connectivity index (χ0v) is 9.74. The molecule has 1 aromatic rings. The van der Waals surface area contributed by atoms with Crippen LogP contribution in [0.4, 0.5) is 0 Å². The van der Waals surface area contributed by atoms with Gasteiger partial charge in [0.1, 0.15) is 23.3 Å². The van der Waals surface area contributed by atoms with E-state index in [1.54, 1.807) is 0 Å². The highest BCUT2D eigenvalue weighted by atomic mass is 35.5. The molecule has 1 aromatic heterocycles. The number of H-pyrrole nitrogens is 1. The maximum absolute atomic E-state index is 11.5. The predicted octanol–water partition coefficient (Wildman–Crippen LogP) is -2.20. The first kappa shape index (κ1) is 13.2. The van der Waals surface area contributed by atoms with Crippen LogP contribution in [0.15, 0.2) is 15.8 Å². The summed E-state index contributed by atoms with van der Waals surface area (Å²) in [5.41, 5.74) is -1.59. The molecule has 0 aliphatic carbocycles. The number of ether oxygens (including phenoxy) is 1. The Morgan fingerprint density at radius 1 is 1.39 bits per heavy atom. The highest BCUT2D eigenvalue weighted by Gasteiger charge is 2.43. The number of rotatable bonds is 2. The lowest BCUT2D eigenvalue weighted by molar-refractivity contribution is -0.0550. The van der Waals surface area contributed by atoms with E-state index >= 15 is 0 Å². The van der Waals surface area contributed by atoms with Gasteiger partial charge in [0.25, 0.3) is 5.56 Å². The second-order valence-corrected chi connectivity index (χ2v) is 4.28. The summed E-state index contributed by atoms with van der Waals surface area (Å²) in [4.78, 5) is 24.6. The molecular formula is C9H11ClN2O6. The molecule has 4 atom stereocenters. The van der Waals surface area contributed by atoms with Crippen LogP contribution >= 0.6 is 11.6 Å². The molecule has 0 amide bonds. The van der Waals surface area contributed by atoms with E-state index in [4.69, 9.17) is 21.4 Å². The molecule has 4 N–H and O–H groups in total. The molecule has 0 spiro atoms. The van der Waals surface area contributed by atoms with Crippen molar-refractivity contribution in [1.29, 1.82) is 0 Å². The Balaban J connectivity index is 2.42. The Morgan fingerprint density at radius 2 is 2.06 bits per heavy atom. The monoisotopic (exact) mass is 278 g/mol. The minimum Gasteiger partial charge on any atom is -0.394 e. The molecule has 2 rings (SSSR count). The number of hydrogen-bond donors (Lipinski definition) is 4. The van der Waals surface area contributed by atoms with E-state index in [1.165, 1.54) is 0 Å². The van der Waals surface area contributed by atoms with Crippen LogP contribution in [-0.2, 0) is 4.74 Å². The van der Waals surface area contributed by atoms with E-state index in [0.29, 0.717) is 0 Å². The van der Waals surface area contributed by atoms with Gasteiger partial charge in [-0.05, 0) is 0 Å². The number of nitrogens with zero attached hydrogens (tertiary/aromatic N) is 1. The summed E-state index contributed by atoms with van der Waals surface area (Å²) in [5, 5.41) is 27.9. The van der Waals surface area contributed by atoms with Gasteiger partial charge < -0.3 is 20.1 Å². The number of aliphatic hydroxyl groups is 3. The van der Waals surface area contributed by atoms with Gasteiger partial charge in [-0.3, -0.25) is 14.3 Å². The lowest BCUT2D eigenvalue weighted by Crippen LogP contribution is -2.38. The Labute approximate surface area is 105 Å². The van der Waals surface area contributed by atoms with Crippen LogP contribution < -0.4 is 11.2 Å². The molecule has 9 heteroatoms. The molecule has 0 aromatic carbocycles. The average molecular weight is 279 g/mol. The number of halogens is 1. The van der Waals surface area contributed by atoms with Gasteiger partial charge in [-0.2, -0.15) is 0 Å². The zero-order valence-electron chi connectivity index (χ0n) is 8.99. The van der Waals surface area contributed by atoms with Gasteiger partial charge in [0, 0.05) is 6.20 Å². The fourth-order valence-corrected chi connectivity index (χ4v) is 1.91. The van der Waals surface area contributed by atoms with E-state index in [9.17, 15) is 19.8 Å². The first-order chi connectivity index (χ1) is 8.45. The third-order valence-electron chi connectivity index (χ3n) is 2.72. The van der Waals surface area contributed by atoms with Crippen molar-refractivity contribution in [2.75, 3.05) is 6.61 Å². The van der Waals surface area contributed by atoms with Crippen molar-refractivity contribution in [3.05, 3.63) is 32.1 Å². The van der Waals surface area contributed by atoms with E-state index < -0.39 is 42.4 Å². The SMILES string of the molecule is O=c1[nH]c(=O)n([C@H]2O[C@@H](CO)C(O)[C@H]2O)cc1Cl. The summed E-state index contributed by atoms with van der Waals surface area (Å²) in [6.07, 6.45) is -3.98. The summed E-state index contributed by atoms with van der Waals surface area (Å²) in [5.74, 6) is 0. The van der Waals surface area contributed by atoms with Gasteiger partial charge in [0.2, 0.25) is 0 Å². The van der Waals surface area contributed by atoms with E-state index in [1.807, 2.05) is 4.98 Å². The lowest BCUT2D eigenvalue weighted by atomic mass is 10.1. The molecule has 1 saturated heterocycles. The highest BCUT2D eigenvalue weighted by Crippen LogP contribution is 2.28. The minimum atomic E-state index is -1.41. The number of nitrogens with one attached hydrogen (secondary N) is 1. The Morgan fingerprint density at radius 3 is 2.61 bits per heavy atom. The van der Waals surface area contributed by atoms with Crippen LogP contribution in [0.1, 0.15) is 6.23 Å². The largest absolute Gasteiger partial charge is 0.394 e. The molecule has 1 aliphatic heterocycles. The van der Waals surface area contributed by atoms with Crippen LogP contribution in [0.3, 0.4) is 0 Å². The molecule has 1 fully saturated rings. The summed E-state index contributed by atoms with van der Waals surface area (Å²) >= 11 is 5.57. The second-order valence-electron chi connectivity index (χ2n) is 3.87. The Hall–Kier alpha value is -1.19. The van der Waals surface area contributed by atoms with Crippen LogP contribution in [0.5, 0.6) is 0 Å². The average Bonchev–Trinajstić information content (AvgIpc) is 2.61. The summed E-state index contributed by atoms with van der Waals surface area (Å²) in [6, 6.07) is 0. The molecule has 1 aliphatic rings. The fraction of sp³-hybridized carbons (Fsp3) is 0.556. The molecule has 0 bridgehead atoms. The zero-order chi connectivity index (χ0) is 13.4. The fourth-order valence-electron chi connectivity index (χ4n) is 1.76. The van der Waals surface area contributed by atoms with Crippen molar-refractivity contribution >= 4 is 11.6 Å². The van der Waals surface area contributed by atoms with Gasteiger partial charge in [-0.25, -0.2) is 4.79 Å². The maximum Gasteiger partial charge on any atom is 0.330 e. The molecule has 8 nitrogen and oxygen atoms in total. The summed E-state index contributed by atoms with van der Waals surface area (Å²) < 4.78 is 5.98. The van der Waals surface area contributed by atoms with Crippen LogP contribution in [0, 0.1) is 0 Å². The summed E-state index contributed by atoms with van der Waals surface area (Å²) in [6.45, 7) is -0.513. The van der Waals surface area contributed by atoms with Gasteiger partial charge in [-0.1, -0.05) is 11.6 Å². The van der Waals surface area contributed by atoms with Crippen LogP contribution in [0.25, 0.3) is 0 Å². The van der Waals surface area contributed by atoms with Crippen molar-refractivity contribution in [3.8, 4) is 0 Å². The van der Waals surface area contributed by atoms with E-state index in [2.05, 4.69) is 0 Å². The van der Waals surface area contributed by atoms with E-state index in [-0.39, 0.29) is 5.02 Å². The highest BCUT2D eigenvalue weighted by molar-refractivity contribution is 6.30. The molecule has 100 valence electrons. The van der Waals surface area contributed by atoms with Crippen molar-refractivity contribution in [3.63, 3.8) is 0 Å². The van der Waals surface area contributed by atoms with Crippen molar-refractivity contribution in [2.45, 2.75) is 24.5 Å². The molecule has 0 radical (unpaired) electrons. The number of aromatic amines is 1. The second kappa shape index (κ2) is 4.82. The van der Waals surface area contributed by atoms with E-state index in [0.717, 1.165) is 10.8 Å². The lowest BCUT2D eigenvalue weighted by Gasteiger charge is -2.17. The molecule has 0 saturated carbocycles. The molecule has 18 heavy (non-hydrogen) atoms. The molecule has 1 unspecified atom stereocenters. The smallest absolute Gasteiger partial charge is 0.330 e. The van der Waals surface area contributed by atoms with Crippen molar-refractivity contribution in [1.82, 2.24) is 9.55 Å². The number of aliphatic hydroxyl groups excluding tert-OH is 3. The number of hydrogen-bond acceptors (Lipinski definition) is 6. The molecular weight excluding hydrogens is 268 g/mol. The quantitative estimate of drug-likeness (QED) is 0.487. The normalized spacial score (nSPS) is 31.8. The van der Waals surface area contributed by atoms with Crippen LogP contribution in [-0.4, -0.2) is 49.8 Å². The Kier molecular flexibility index (Phi) is 3.55. The standard InChI is InChI=1S/C9H11ClN2O6/c10-3-1-12(9(17)11-7(3)16)8-6(15)5(14)4(2-13)18-8/h1,4-6,8,13-15H,2H2,(H,11,16,17)/t4-,5?,6+,8-/m0/s1. The van der Waals surface area contributed by atoms with Gasteiger partial charge >= 0.3 is 5.69 Å². The minimum absolute atomic E-state index is 0.257. The number of aromatic nitrogens is 2. The first-order valence-electron chi connectivity index (χ1n) is 5.09. The molecule has 2 heterocycles. The van der Waals surface area contributed by atoms with Gasteiger partial charge in [0.05, 0.1) is 6.61 Å².